The predicted octanol–water partition coefficient (Wildman–Crippen LogP) is 4.55. The van der Waals surface area contributed by atoms with Crippen molar-refractivity contribution in [2.45, 2.75) is 71.1 Å². The van der Waals surface area contributed by atoms with E-state index in [9.17, 15) is 0 Å². The van der Waals surface area contributed by atoms with Gasteiger partial charge in [0, 0.05) is 17.8 Å². The van der Waals surface area contributed by atoms with Crippen molar-refractivity contribution in [3.8, 4) is 0 Å². The third-order valence-corrected chi connectivity index (χ3v) is 3.54. The zero-order valence-corrected chi connectivity index (χ0v) is 12.1. The molecule has 1 aromatic heterocycles. The lowest BCUT2D eigenvalue weighted by Crippen LogP contribution is -2.22. The van der Waals surface area contributed by atoms with Gasteiger partial charge in [0.1, 0.15) is 0 Å². The molecule has 0 spiro atoms. The highest BCUT2D eigenvalue weighted by molar-refractivity contribution is 5.38. The van der Waals surface area contributed by atoms with E-state index in [1.165, 1.54) is 29.7 Å². The summed E-state index contributed by atoms with van der Waals surface area (Å²) in [5.74, 6) is 0.741. The number of hydrogen-bond donors (Lipinski definition) is 0. The Hall–Kier alpha value is -0.850. The normalized spacial score (nSPS) is 17.3. The molecule has 2 rings (SSSR count). The van der Waals surface area contributed by atoms with Crippen molar-refractivity contribution in [2.24, 2.45) is 0 Å². The van der Waals surface area contributed by atoms with E-state index in [-0.39, 0.29) is 10.8 Å². The molecule has 1 fully saturated rings. The number of hydrogen-bond acceptors (Lipinski definition) is 1. The van der Waals surface area contributed by atoms with Gasteiger partial charge in [0.05, 0.1) is 0 Å². The van der Waals surface area contributed by atoms with Gasteiger partial charge in [0.2, 0.25) is 0 Å². The monoisotopic (exact) mass is 231 g/mol. The summed E-state index contributed by atoms with van der Waals surface area (Å²) in [5, 5.41) is 0. The van der Waals surface area contributed by atoms with Crippen molar-refractivity contribution < 1.29 is 0 Å². The van der Waals surface area contributed by atoms with E-state index in [0.717, 1.165) is 5.92 Å². The van der Waals surface area contributed by atoms with Crippen LogP contribution >= 0.6 is 0 Å². The van der Waals surface area contributed by atoms with Gasteiger partial charge in [-0.05, 0) is 40.9 Å². The molecule has 1 heterocycles. The maximum absolute atomic E-state index is 4.68. The summed E-state index contributed by atoms with van der Waals surface area (Å²) in [6, 6.07) is 2.36. The SMILES string of the molecule is CC(C)(C)c1cnc(C2CC2)cc1C(C)(C)C. The lowest BCUT2D eigenvalue weighted by Gasteiger charge is -2.30. The third-order valence-electron chi connectivity index (χ3n) is 3.54. The molecule has 0 N–H and O–H groups in total. The minimum atomic E-state index is 0.178. The van der Waals surface area contributed by atoms with E-state index in [0.29, 0.717) is 0 Å². The van der Waals surface area contributed by atoms with Crippen LogP contribution in [0.1, 0.15) is 77.1 Å². The molecule has 0 saturated heterocycles. The summed E-state index contributed by atoms with van der Waals surface area (Å²) in [5.41, 5.74) is 4.56. The van der Waals surface area contributed by atoms with E-state index in [4.69, 9.17) is 0 Å². The quantitative estimate of drug-likeness (QED) is 0.690. The Labute approximate surface area is 106 Å². The minimum absolute atomic E-state index is 0.178. The molecule has 0 radical (unpaired) electrons. The highest BCUT2D eigenvalue weighted by atomic mass is 14.7. The molecule has 0 amide bonds. The van der Waals surface area contributed by atoms with Gasteiger partial charge in [-0.1, -0.05) is 41.5 Å². The van der Waals surface area contributed by atoms with Crippen molar-refractivity contribution in [1.82, 2.24) is 4.98 Å². The Morgan fingerprint density at radius 2 is 1.47 bits per heavy atom. The van der Waals surface area contributed by atoms with Gasteiger partial charge >= 0.3 is 0 Å². The summed E-state index contributed by atoms with van der Waals surface area (Å²) in [7, 11) is 0. The first-order chi connectivity index (χ1) is 7.69. The smallest absolute Gasteiger partial charge is 0.0437 e. The molecule has 1 heteroatoms. The molecule has 0 bridgehead atoms. The van der Waals surface area contributed by atoms with Crippen LogP contribution < -0.4 is 0 Å². The minimum Gasteiger partial charge on any atom is -0.261 e. The van der Waals surface area contributed by atoms with Gasteiger partial charge in [0.15, 0.2) is 0 Å². The van der Waals surface area contributed by atoms with Crippen molar-refractivity contribution in [3.05, 3.63) is 29.1 Å². The molecular weight excluding hydrogens is 206 g/mol. The Bertz CT molecular complexity index is 414. The summed E-state index contributed by atoms with van der Waals surface area (Å²) in [6.45, 7) is 13.7. The van der Waals surface area contributed by atoms with Crippen molar-refractivity contribution in [3.63, 3.8) is 0 Å². The van der Waals surface area contributed by atoms with E-state index in [1.54, 1.807) is 0 Å². The summed E-state index contributed by atoms with van der Waals surface area (Å²) < 4.78 is 0. The fraction of sp³-hybridized carbons (Fsp3) is 0.688. The topological polar surface area (TPSA) is 12.9 Å². The molecule has 1 aromatic rings. The van der Waals surface area contributed by atoms with Gasteiger partial charge in [-0.25, -0.2) is 0 Å². The molecule has 1 aliphatic rings. The number of aromatic nitrogens is 1. The lowest BCUT2D eigenvalue weighted by molar-refractivity contribution is 0.526. The van der Waals surface area contributed by atoms with E-state index in [2.05, 4.69) is 58.8 Å². The van der Waals surface area contributed by atoms with E-state index < -0.39 is 0 Å². The van der Waals surface area contributed by atoms with E-state index >= 15 is 0 Å². The van der Waals surface area contributed by atoms with Crippen LogP contribution in [0.4, 0.5) is 0 Å². The van der Waals surface area contributed by atoms with Crippen LogP contribution in [-0.2, 0) is 10.8 Å². The summed E-state index contributed by atoms with van der Waals surface area (Å²) in [4.78, 5) is 4.68. The zero-order valence-electron chi connectivity index (χ0n) is 12.1. The fourth-order valence-corrected chi connectivity index (χ4v) is 2.29. The molecule has 0 atom stereocenters. The van der Waals surface area contributed by atoms with Gasteiger partial charge in [-0.2, -0.15) is 0 Å². The number of nitrogens with zero attached hydrogens (tertiary/aromatic N) is 1. The van der Waals surface area contributed by atoms with Gasteiger partial charge in [-0.15, -0.1) is 0 Å². The van der Waals surface area contributed by atoms with Crippen LogP contribution in [-0.4, -0.2) is 4.98 Å². The van der Waals surface area contributed by atoms with Gasteiger partial charge < -0.3 is 0 Å². The number of rotatable bonds is 1. The maximum atomic E-state index is 4.68. The standard InChI is InChI=1S/C16H25N/c1-15(2,3)12-9-14(11-7-8-11)17-10-13(12)16(4,5)6/h9-11H,7-8H2,1-6H3. The second-order valence-corrected chi connectivity index (χ2v) is 7.43. The number of pyridine rings is 1. The Balaban J connectivity index is 2.52. The second-order valence-electron chi connectivity index (χ2n) is 7.43. The molecular formula is C16H25N. The van der Waals surface area contributed by atoms with Crippen LogP contribution in [0.15, 0.2) is 12.3 Å². The molecule has 0 aromatic carbocycles. The second kappa shape index (κ2) is 3.83. The van der Waals surface area contributed by atoms with Crippen LogP contribution in [0.3, 0.4) is 0 Å². The molecule has 17 heavy (non-hydrogen) atoms. The van der Waals surface area contributed by atoms with Crippen molar-refractivity contribution in [1.29, 1.82) is 0 Å². The Kier molecular flexibility index (Phi) is 2.84. The van der Waals surface area contributed by atoms with Crippen LogP contribution in [0, 0.1) is 0 Å². The maximum Gasteiger partial charge on any atom is 0.0437 e. The summed E-state index contributed by atoms with van der Waals surface area (Å²) >= 11 is 0. The molecule has 1 nitrogen and oxygen atoms in total. The van der Waals surface area contributed by atoms with E-state index in [1.807, 2.05) is 0 Å². The first-order valence-electron chi connectivity index (χ1n) is 6.70. The Morgan fingerprint density at radius 3 is 1.88 bits per heavy atom. The third kappa shape index (κ3) is 2.70. The molecule has 1 aliphatic carbocycles. The fourth-order valence-electron chi connectivity index (χ4n) is 2.29. The van der Waals surface area contributed by atoms with Crippen LogP contribution in [0.5, 0.6) is 0 Å². The van der Waals surface area contributed by atoms with Gasteiger partial charge in [0.25, 0.3) is 0 Å². The average molecular weight is 231 g/mol. The largest absolute Gasteiger partial charge is 0.261 e. The van der Waals surface area contributed by atoms with Crippen molar-refractivity contribution >= 4 is 0 Å². The van der Waals surface area contributed by atoms with Crippen LogP contribution in [0.25, 0.3) is 0 Å². The lowest BCUT2D eigenvalue weighted by atomic mass is 9.76. The molecule has 0 aliphatic heterocycles. The van der Waals surface area contributed by atoms with Crippen molar-refractivity contribution in [2.75, 3.05) is 0 Å². The zero-order chi connectivity index (χ0) is 12.8. The Morgan fingerprint density at radius 1 is 0.941 bits per heavy atom. The van der Waals surface area contributed by atoms with Gasteiger partial charge in [-0.3, -0.25) is 4.98 Å². The first-order valence-corrected chi connectivity index (χ1v) is 6.70. The predicted molar refractivity (Wildman–Crippen MR) is 73.6 cm³/mol. The average Bonchev–Trinajstić information content (AvgIpc) is 2.97. The molecule has 1 saturated carbocycles. The highest BCUT2D eigenvalue weighted by Gasteiger charge is 2.30. The summed E-state index contributed by atoms with van der Waals surface area (Å²) in [6.07, 6.45) is 4.77. The van der Waals surface area contributed by atoms with Crippen LogP contribution in [0.2, 0.25) is 0 Å². The first kappa shape index (κ1) is 12.6. The highest BCUT2D eigenvalue weighted by Crippen LogP contribution is 2.42. The molecule has 94 valence electrons. The molecule has 0 unspecified atom stereocenters.